The number of halogens is 3. The molecule has 1 unspecified atom stereocenters. The second-order valence-corrected chi connectivity index (χ2v) is 6.00. The molecule has 7 heteroatoms. The molecule has 1 aliphatic heterocycles. The quantitative estimate of drug-likeness (QED) is 0.841. The maximum Gasteiger partial charge on any atom is 0.238 e. The van der Waals surface area contributed by atoms with Gasteiger partial charge in [-0.25, -0.2) is 0 Å². The Morgan fingerprint density at radius 2 is 2.30 bits per heavy atom. The van der Waals surface area contributed by atoms with Crippen molar-refractivity contribution in [2.24, 2.45) is 5.73 Å². The van der Waals surface area contributed by atoms with E-state index in [1.807, 2.05) is 6.07 Å². The maximum absolute atomic E-state index is 12.0. The molecule has 0 saturated carbocycles. The van der Waals surface area contributed by atoms with E-state index >= 15 is 0 Å². The lowest BCUT2D eigenvalue weighted by Gasteiger charge is -2.22. The van der Waals surface area contributed by atoms with Gasteiger partial charge in [-0.3, -0.25) is 9.69 Å². The van der Waals surface area contributed by atoms with Crippen LogP contribution in [0.15, 0.2) is 22.7 Å². The van der Waals surface area contributed by atoms with Gasteiger partial charge >= 0.3 is 0 Å². The van der Waals surface area contributed by atoms with Gasteiger partial charge in [-0.05, 0) is 37.6 Å². The molecule has 112 valence electrons. The molecule has 3 N–H and O–H groups in total. The van der Waals surface area contributed by atoms with Crippen molar-refractivity contribution < 1.29 is 4.79 Å². The fourth-order valence-corrected chi connectivity index (χ4v) is 3.06. The van der Waals surface area contributed by atoms with E-state index in [2.05, 4.69) is 26.1 Å². The van der Waals surface area contributed by atoms with Gasteiger partial charge in [-0.2, -0.15) is 0 Å². The van der Waals surface area contributed by atoms with E-state index in [9.17, 15) is 4.79 Å². The molecule has 1 aromatic rings. The number of hydrogen-bond acceptors (Lipinski definition) is 3. The molecule has 1 saturated heterocycles. The molecule has 4 nitrogen and oxygen atoms in total. The standard InChI is InChI=1S/C13H17BrClN3O.ClH/c14-9-3-4-12(11(15)6-9)17-13(19)8-18-5-1-2-10(18)7-16;/h3-4,6,10H,1-2,5,7-8,16H2,(H,17,19);1H. The van der Waals surface area contributed by atoms with Crippen molar-refractivity contribution in [2.75, 3.05) is 25.0 Å². The number of nitrogens with one attached hydrogen (secondary N) is 1. The van der Waals surface area contributed by atoms with Crippen LogP contribution in [-0.2, 0) is 4.79 Å². The molecule has 0 radical (unpaired) electrons. The first kappa shape index (κ1) is 17.7. The Morgan fingerprint density at radius 1 is 1.55 bits per heavy atom. The van der Waals surface area contributed by atoms with Crippen LogP contribution in [0.4, 0.5) is 5.69 Å². The summed E-state index contributed by atoms with van der Waals surface area (Å²) < 4.78 is 0.887. The monoisotopic (exact) mass is 381 g/mol. The molecule has 0 spiro atoms. The van der Waals surface area contributed by atoms with Gasteiger partial charge in [0.25, 0.3) is 0 Å². The number of nitrogens with zero attached hydrogens (tertiary/aromatic N) is 1. The van der Waals surface area contributed by atoms with E-state index in [1.165, 1.54) is 0 Å². The lowest BCUT2D eigenvalue weighted by Crippen LogP contribution is -2.40. The molecule has 20 heavy (non-hydrogen) atoms. The summed E-state index contributed by atoms with van der Waals surface area (Å²) in [5.41, 5.74) is 6.33. The van der Waals surface area contributed by atoms with Crippen molar-refractivity contribution in [3.8, 4) is 0 Å². The molecule has 1 aromatic carbocycles. The Kier molecular flexibility index (Phi) is 7.26. The van der Waals surface area contributed by atoms with Crippen LogP contribution >= 0.6 is 39.9 Å². The third-order valence-corrected chi connectivity index (χ3v) is 4.13. The van der Waals surface area contributed by atoms with Crippen LogP contribution in [-0.4, -0.2) is 36.5 Å². The summed E-state index contributed by atoms with van der Waals surface area (Å²) in [6.45, 7) is 1.91. The lowest BCUT2D eigenvalue weighted by molar-refractivity contribution is -0.117. The van der Waals surface area contributed by atoms with Crippen LogP contribution in [0.1, 0.15) is 12.8 Å². The van der Waals surface area contributed by atoms with E-state index in [1.54, 1.807) is 12.1 Å². The average molecular weight is 383 g/mol. The predicted molar refractivity (Wildman–Crippen MR) is 88.7 cm³/mol. The summed E-state index contributed by atoms with van der Waals surface area (Å²) >= 11 is 9.40. The number of carbonyl (C=O) groups excluding carboxylic acids is 1. The van der Waals surface area contributed by atoms with E-state index in [-0.39, 0.29) is 18.3 Å². The number of carbonyl (C=O) groups is 1. The number of anilines is 1. The second-order valence-electron chi connectivity index (χ2n) is 4.67. The van der Waals surface area contributed by atoms with Gasteiger partial charge in [-0.1, -0.05) is 27.5 Å². The minimum atomic E-state index is -0.0513. The smallest absolute Gasteiger partial charge is 0.238 e. The molecule has 0 bridgehead atoms. The van der Waals surface area contributed by atoms with E-state index < -0.39 is 0 Å². The van der Waals surface area contributed by atoms with Crippen LogP contribution in [0, 0.1) is 0 Å². The fourth-order valence-electron chi connectivity index (χ4n) is 2.34. The third-order valence-electron chi connectivity index (χ3n) is 3.32. The minimum absolute atomic E-state index is 0. The average Bonchev–Trinajstić information content (AvgIpc) is 2.80. The number of rotatable bonds is 4. The zero-order chi connectivity index (χ0) is 13.8. The minimum Gasteiger partial charge on any atom is -0.329 e. The second kappa shape index (κ2) is 8.20. The number of hydrogen-bond donors (Lipinski definition) is 2. The van der Waals surface area contributed by atoms with Crippen LogP contribution in [0.3, 0.4) is 0 Å². The van der Waals surface area contributed by atoms with Gasteiger partial charge < -0.3 is 11.1 Å². The van der Waals surface area contributed by atoms with Crippen molar-refractivity contribution in [1.82, 2.24) is 4.90 Å². The Labute approximate surface area is 138 Å². The van der Waals surface area contributed by atoms with Gasteiger partial charge in [-0.15, -0.1) is 12.4 Å². The topological polar surface area (TPSA) is 58.4 Å². The highest BCUT2D eigenvalue weighted by Crippen LogP contribution is 2.25. The van der Waals surface area contributed by atoms with Gasteiger partial charge in [0.15, 0.2) is 0 Å². The first-order valence-electron chi connectivity index (χ1n) is 6.29. The fraction of sp³-hybridized carbons (Fsp3) is 0.462. The van der Waals surface area contributed by atoms with Gasteiger partial charge in [0.05, 0.1) is 17.3 Å². The zero-order valence-corrected chi connectivity index (χ0v) is 14.1. The third kappa shape index (κ3) is 4.60. The molecular weight excluding hydrogens is 365 g/mol. The number of nitrogens with two attached hydrogens (primary N) is 1. The molecular formula is C13H18BrCl2N3O. The summed E-state index contributed by atoms with van der Waals surface area (Å²) in [5.74, 6) is -0.0513. The van der Waals surface area contributed by atoms with Crippen LogP contribution in [0.25, 0.3) is 0 Å². The summed E-state index contributed by atoms with van der Waals surface area (Å²) in [7, 11) is 0. The Bertz CT molecular complexity index is 473. The van der Waals surface area contributed by atoms with E-state index in [0.717, 1.165) is 23.9 Å². The normalized spacial score (nSPS) is 18.6. The van der Waals surface area contributed by atoms with Crippen molar-refractivity contribution in [3.05, 3.63) is 27.7 Å². The summed E-state index contributed by atoms with van der Waals surface area (Å²) in [6, 6.07) is 5.72. The molecule has 1 fully saturated rings. The molecule has 2 rings (SSSR count). The Hall–Kier alpha value is -0.330. The van der Waals surface area contributed by atoms with Crippen LogP contribution < -0.4 is 11.1 Å². The number of likely N-dealkylation sites (tertiary alicyclic amines) is 1. The highest BCUT2D eigenvalue weighted by atomic mass is 79.9. The summed E-state index contributed by atoms with van der Waals surface area (Å²) in [6.07, 6.45) is 2.18. The van der Waals surface area contributed by atoms with Gasteiger partial charge in [0.2, 0.25) is 5.91 Å². The van der Waals surface area contributed by atoms with Crippen LogP contribution in [0.2, 0.25) is 5.02 Å². The van der Waals surface area contributed by atoms with Crippen LogP contribution in [0.5, 0.6) is 0 Å². The first-order chi connectivity index (χ1) is 9.10. The highest BCUT2D eigenvalue weighted by molar-refractivity contribution is 9.10. The van der Waals surface area contributed by atoms with Crippen molar-refractivity contribution in [3.63, 3.8) is 0 Å². The van der Waals surface area contributed by atoms with E-state index in [4.69, 9.17) is 17.3 Å². The van der Waals surface area contributed by atoms with Crippen molar-refractivity contribution >= 4 is 51.5 Å². The molecule has 1 amide bonds. The van der Waals surface area contributed by atoms with Gasteiger partial charge in [0, 0.05) is 17.1 Å². The molecule has 1 atom stereocenters. The van der Waals surface area contributed by atoms with Gasteiger partial charge in [0.1, 0.15) is 0 Å². The largest absolute Gasteiger partial charge is 0.329 e. The molecule has 0 aliphatic carbocycles. The molecule has 1 aliphatic rings. The van der Waals surface area contributed by atoms with E-state index in [0.29, 0.717) is 29.8 Å². The SMILES string of the molecule is Cl.NCC1CCCN1CC(=O)Nc1ccc(Br)cc1Cl. The molecule has 0 aromatic heterocycles. The lowest BCUT2D eigenvalue weighted by atomic mass is 10.2. The summed E-state index contributed by atoms with van der Waals surface area (Å²) in [5, 5.41) is 3.36. The van der Waals surface area contributed by atoms with Crippen molar-refractivity contribution in [2.45, 2.75) is 18.9 Å². The Balaban J connectivity index is 0.00000200. The predicted octanol–water partition coefficient (Wildman–Crippen LogP) is 2.89. The number of amides is 1. The summed E-state index contributed by atoms with van der Waals surface area (Å²) in [4.78, 5) is 14.1. The number of benzene rings is 1. The highest BCUT2D eigenvalue weighted by Gasteiger charge is 2.24. The molecule has 1 heterocycles. The zero-order valence-electron chi connectivity index (χ0n) is 10.9. The van der Waals surface area contributed by atoms with Crippen molar-refractivity contribution in [1.29, 1.82) is 0 Å². The Morgan fingerprint density at radius 3 is 2.95 bits per heavy atom. The maximum atomic E-state index is 12.0. The first-order valence-corrected chi connectivity index (χ1v) is 7.46.